The number of carbonyl (C=O) groups is 4. The van der Waals surface area contributed by atoms with Gasteiger partial charge in [-0.1, -0.05) is 37.6 Å². The van der Waals surface area contributed by atoms with Gasteiger partial charge in [0, 0.05) is 36.8 Å². The third kappa shape index (κ3) is 8.91. The van der Waals surface area contributed by atoms with Crippen LogP contribution in [0.1, 0.15) is 147 Å². The van der Waals surface area contributed by atoms with E-state index in [2.05, 4.69) is 32.2 Å². The van der Waals surface area contributed by atoms with Gasteiger partial charge in [0.1, 0.15) is 30.0 Å². The topological polar surface area (TPSA) is 153 Å². The number of rotatable bonds is 12. The van der Waals surface area contributed by atoms with Crippen LogP contribution >= 0.6 is 0 Å². The molecule has 0 aromatic heterocycles. The molecule has 3 heterocycles. The van der Waals surface area contributed by atoms with Crippen LogP contribution < -0.4 is 5.32 Å². The minimum Gasteiger partial charge on any atom is -0.460 e. The van der Waals surface area contributed by atoms with Crippen LogP contribution in [0.4, 0.5) is 0 Å². The Labute approximate surface area is 366 Å². The van der Waals surface area contributed by atoms with Gasteiger partial charge in [-0.15, -0.1) is 0 Å². The van der Waals surface area contributed by atoms with E-state index in [1.165, 1.54) is 18.4 Å². The number of benzene rings is 1. The molecule has 0 spiro atoms. The van der Waals surface area contributed by atoms with Crippen molar-refractivity contribution in [2.24, 2.45) is 29.1 Å². The highest BCUT2D eigenvalue weighted by molar-refractivity contribution is 5.98. The molecule has 1 aromatic carbocycles. The Bertz CT molecular complexity index is 1960. The summed E-state index contributed by atoms with van der Waals surface area (Å²) >= 11 is 0. The molecule has 12 heteroatoms. The number of carbonyl (C=O) groups excluding carboxylic acids is 4. The van der Waals surface area contributed by atoms with E-state index in [1.807, 2.05) is 30.3 Å². The second-order valence-corrected chi connectivity index (χ2v) is 21.7. The van der Waals surface area contributed by atoms with E-state index in [1.54, 1.807) is 25.7 Å². The molecular formula is C50H68N2O10. The number of nitrogens with one attached hydrogen (secondary N) is 1. The van der Waals surface area contributed by atoms with Gasteiger partial charge in [0.15, 0.2) is 5.79 Å². The highest BCUT2D eigenvalue weighted by atomic mass is 16.8. The van der Waals surface area contributed by atoms with Gasteiger partial charge in [0.2, 0.25) is 11.8 Å². The maximum Gasteiger partial charge on any atom is 0.338 e. The van der Waals surface area contributed by atoms with Crippen molar-refractivity contribution in [2.75, 3.05) is 13.2 Å². The monoisotopic (exact) mass is 856 g/mol. The first-order chi connectivity index (χ1) is 29.4. The molecule has 0 bridgehead atoms. The minimum atomic E-state index is -0.771. The fraction of sp³-hybridized carbons (Fsp3) is 0.720. The Morgan fingerprint density at radius 3 is 2.35 bits per heavy atom. The molecule has 9 atom stereocenters. The summed E-state index contributed by atoms with van der Waals surface area (Å²) in [6.45, 7) is 12.5. The summed E-state index contributed by atoms with van der Waals surface area (Å²) in [5.41, 5.74) is 3.14. The van der Waals surface area contributed by atoms with Crippen molar-refractivity contribution >= 4 is 29.8 Å². The molecule has 8 aliphatic rings. The maximum atomic E-state index is 14.5. The van der Waals surface area contributed by atoms with Crippen molar-refractivity contribution in [1.29, 1.82) is 0 Å². The molecule has 3 aliphatic heterocycles. The maximum absolute atomic E-state index is 14.5. The highest BCUT2D eigenvalue weighted by Crippen LogP contribution is 2.61. The number of hydrogen-bond donors (Lipinski definition) is 2. The number of amides is 2. The highest BCUT2D eigenvalue weighted by Gasteiger charge is 2.65. The number of ether oxygens (including phenoxy) is 5. The van der Waals surface area contributed by atoms with E-state index in [0.29, 0.717) is 53.9 Å². The van der Waals surface area contributed by atoms with Gasteiger partial charge < -0.3 is 39.0 Å². The third-order valence-corrected chi connectivity index (χ3v) is 15.3. The zero-order valence-corrected chi connectivity index (χ0v) is 37.6. The van der Waals surface area contributed by atoms with Gasteiger partial charge in [-0.05, 0) is 146 Å². The molecule has 1 aromatic rings. The van der Waals surface area contributed by atoms with Gasteiger partial charge in [-0.25, -0.2) is 4.79 Å². The van der Waals surface area contributed by atoms with Crippen molar-refractivity contribution < 1.29 is 48.0 Å². The molecule has 1 unspecified atom stereocenters. The SMILES string of the molecule is CC(C)(C)OC(=O)CC[C@@H](CO)NC(=O)[C@H]1CCCN1C(=O)C1=C[C@H]2OC(C3CC3)(C3CC3)O[C@H]2[C@H](OC(=O)c2ccc(C=C3CCC4O[C@]4(C)CC[C@@H]4[C@@H]3CC4(C)C)cc2)C1. The number of aliphatic hydroxyl groups is 1. The smallest absolute Gasteiger partial charge is 0.338 e. The van der Waals surface area contributed by atoms with Gasteiger partial charge >= 0.3 is 11.9 Å². The van der Waals surface area contributed by atoms with Crippen molar-refractivity contribution in [2.45, 2.75) is 185 Å². The lowest BCUT2D eigenvalue weighted by Crippen LogP contribution is -2.51. The first kappa shape index (κ1) is 43.7. The predicted octanol–water partition coefficient (Wildman–Crippen LogP) is 7.21. The molecule has 338 valence electrons. The lowest BCUT2D eigenvalue weighted by atomic mass is 9.52. The average molecular weight is 857 g/mol. The van der Waals surface area contributed by atoms with Gasteiger partial charge in [0.05, 0.1) is 29.9 Å². The number of fused-ring (bicyclic) bond motifs is 3. The Morgan fingerprint density at radius 1 is 0.968 bits per heavy atom. The van der Waals surface area contributed by atoms with E-state index in [9.17, 15) is 24.3 Å². The number of epoxide rings is 1. The standard InChI is InChI=1S/C50H68N2O10/c1-47(2,3)61-42(54)20-18-35(28-53)51-44(55)38-8-7-23-52(38)45(56)32-25-39(43-40(26-32)59-50(62-43,33-14-15-33)34-16-17-34)58-46(57)30-11-9-29(10-12-30)24-31-13-19-41-49(6,60-41)22-21-37-36(31)27-48(37,4)5/h9-12,24,26,33-41,43,53H,7-8,13-23,25,27-28H2,1-6H3,(H,51,55)/t35-,36+,37+,38+,39+,40+,41?,43-,49+/m0/s1. The summed E-state index contributed by atoms with van der Waals surface area (Å²) in [5, 5.41) is 12.9. The molecule has 7 fully saturated rings. The number of hydrogen-bond acceptors (Lipinski definition) is 10. The van der Waals surface area contributed by atoms with E-state index in [0.717, 1.165) is 50.5 Å². The second kappa shape index (κ2) is 16.4. The van der Waals surface area contributed by atoms with Crippen LogP contribution in [0.15, 0.2) is 41.5 Å². The molecular weight excluding hydrogens is 789 g/mol. The summed E-state index contributed by atoms with van der Waals surface area (Å²) in [4.78, 5) is 56.1. The number of aliphatic hydroxyl groups excluding tert-OH is 1. The van der Waals surface area contributed by atoms with Crippen molar-refractivity contribution in [1.82, 2.24) is 10.2 Å². The van der Waals surface area contributed by atoms with Gasteiger partial charge in [0.25, 0.3) is 0 Å². The fourth-order valence-electron chi connectivity index (χ4n) is 11.6. The predicted molar refractivity (Wildman–Crippen MR) is 230 cm³/mol. The Kier molecular flexibility index (Phi) is 11.6. The molecule has 2 N–H and O–H groups in total. The summed E-state index contributed by atoms with van der Waals surface area (Å²) in [6, 6.07) is 6.25. The summed E-state index contributed by atoms with van der Waals surface area (Å²) in [6.07, 6.45) is 13.7. The molecule has 0 radical (unpaired) electrons. The molecule has 4 saturated carbocycles. The minimum absolute atomic E-state index is 0.0349. The lowest BCUT2D eigenvalue weighted by molar-refractivity contribution is -0.209. The van der Waals surface area contributed by atoms with Crippen molar-refractivity contribution in [3.05, 3.63) is 52.6 Å². The number of likely N-dealkylation sites (tertiary alicyclic amines) is 1. The Balaban J connectivity index is 0.889. The summed E-state index contributed by atoms with van der Waals surface area (Å²) in [5.74, 6) is -0.537. The average Bonchev–Trinajstić information content (AvgIpc) is 4.18. The van der Waals surface area contributed by atoms with E-state index in [-0.39, 0.29) is 55.1 Å². The van der Waals surface area contributed by atoms with E-state index >= 15 is 0 Å². The van der Waals surface area contributed by atoms with Crippen LogP contribution in [-0.4, -0.2) is 100 Å². The van der Waals surface area contributed by atoms with Gasteiger partial charge in [-0.2, -0.15) is 0 Å². The molecule has 2 amide bonds. The normalized spacial score (nSPS) is 34.5. The summed E-state index contributed by atoms with van der Waals surface area (Å²) in [7, 11) is 0. The first-order valence-electron chi connectivity index (χ1n) is 23.6. The molecule has 9 rings (SSSR count). The number of allylic oxidation sites excluding steroid dienone is 1. The van der Waals surface area contributed by atoms with Crippen molar-refractivity contribution in [3.63, 3.8) is 0 Å². The first-order valence-corrected chi connectivity index (χ1v) is 23.6. The Morgan fingerprint density at radius 2 is 1.69 bits per heavy atom. The lowest BCUT2D eigenvalue weighted by Gasteiger charge is -2.53. The van der Waals surface area contributed by atoms with Gasteiger partial charge in [-0.3, -0.25) is 14.4 Å². The quantitative estimate of drug-likeness (QED) is 0.163. The number of esters is 2. The van der Waals surface area contributed by atoms with Crippen LogP contribution in [0.5, 0.6) is 0 Å². The molecule has 5 aliphatic carbocycles. The zero-order valence-electron chi connectivity index (χ0n) is 37.6. The van der Waals surface area contributed by atoms with Crippen LogP contribution in [0.25, 0.3) is 6.08 Å². The Hall–Kier alpha value is -3.58. The van der Waals surface area contributed by atoms with Crippen LogP contribution in [0, 0.1) is 29.1 Å². The number of nitrogens with zero attached hydrogens (tertiary/aromatic N) is 1. The van der Waals surface area contributed by atoms with E-state index in [4.69, 9.17) is 23.7 Å². The van der Waals surface area contributed by atoms with Crippen LogP contribution in [0.3, 0.4) is 0 Å². The summed E-state index contributed by atoms with van der Waals surface area (Å²) < 4.78 is 31.6. The van der Waals surface area contributed by atoms with Crippen LogP contribution in [-0.2, 0) is 38.1 Å². The largest absolute Gasteiger partial charge is 0.460 e. The van der Waals surface area contributed by atoms with Crippen molar-refractivity contribution in [3.8, 4) is 0 Å². The third-order valence-electron chi connectivity index (χ3n) is 15.3. The molecule has 3 saturated heterocycles. The van der Waals surface area contributed by atoms with E-state index < -0.39 is 53.7 Å². The molecule has 62 heavy (non-hydrogen) atoms. The second-order valence-electron chi connectivity index (χ2n) is 21.7. The van der Waals surface area contributed by atoms with Crippen LogP contribution in [0.2, 0.25) is 0 Å². The zero-order chi connectivity index (χ0) is 43.8. The fourth-order valence-corrected chi connectivity index (χ4v) is 11.6. The molecule has 12 nitrogen and oxygen atoms in total.